The maximum atomic E-state index is 8.75. The zero-order valence-corrected chi connectivity index (χ0v) is 11.3. The fourth-order valence-electron chi connectivity index (χ4n) is 1.66. The minimum Gasteiger partial charge on any atom is -0.395 e. The summed E-state index contributed by atoms with van der Waals surface area (Å²) in [5, 5.41) is 8.75. The molecule has 94 valence electrons. The number of hydrogen-bond donors (Lipinski definition) is 1. The van der Waals surface area contributed by atoms with E-state index in [9.17, 15) is 0 Å². The second-order valence-electron chi connectivity index (χ2n) is 3.45. The SMILES string of the molecule is Cl.Cl.OCCN1CCN(CCCCl)CC1. The molecule has 0 aromatic heterocycles. The van der Waals surface area contributed by atoms with Crippen LogP contribution < -0.4 is 0 Å². The van der Waals surface area contributed by atoms with Crippen molar-refractivity contribution in [1.82, 2.24) is 9.80 Å². The van der Waals surface area contributed by atoms with E-state index in [2.05, 4.69) is 9.80 Å². The Morgan fingerprint density at radius 2 is 1.40 bits per heavy atom. The normalized spacial score (nSPS) is 18.0. The van der Waals surface area contributed by atoms with Crippen molar-refractivity contribution >= 4 is 36.4 Å². The number of rotatable bonds is 5. The predicted molar refractivity (Wildman–Crippen MR) is 69.8 cm³/mol. The van der Waals surface area contributed by atoms with Gasteiger partial charge in [-0.2, -0.15) is 0 Å². The van der Waals surface area contributed by atoms with E-state index in [4.69, 9.17) is 16.7 Å². The number of β-amino-alcohol motifs (C(OH)–C–C–N with tert-alkyl or cyclic N) is 1. The Balaban J connectivity index is 0. The second kappa shape index (κ2) is 11.2. The average molecular weight is 280 g/mol. The van der Waals surface area contributed by atoms with Gasteiger partial charge < -0.3 is 10.0 Å². The molecule has 1 saturated heterocycles. The summed E-state index contributed by atoms with van der Waals surface area (Å²) in [6, 6.07) is 0. The van der Waals surface area contributed by atoms with E-state index in [0.29, 0.717) is 0 Å². The summed E-state index contributed by atoms with van der Waals surface area (Å²) in [7, 11) is 0. The predicted octanol–water partition coefficient (Wildman–Crippen LogP) is 1.07. The molecular weight excluding hydrogens is 258 g/mol. The van der Waals surface area contributed by atoms with Gasteiger partial charge in [0.1, 0.15) is 0 Å². The Labute approximate surface area is 110 Å². The lowest BCUT2D eigenvalue weighted by molar-refractivity contribution is 0.113. The third kappa shape index (κ3) is 7.61. The molecule has 0 bridgehead atoms. The molecule has 0 spiro atoms. The van der Waals surface area contributed by atoms with Crippen LogP contribution in [-0.4, -0.2) is 66.7 Å². The first-order chi connectivity index (χ1) is 6.36. The summed E-state index contributed by atoms with van der Waals surface area (Å²) in [5.74, 6) is 0.761. The fourth-order valence-corrected chi connectivity index (χ4v) is 1.78. The van der Waals surface area contributed by atoms with Gasteiger partial charge in [-0.3, -0.25) is 4.90 Å². The zero-order valence-electron chi connectivity index (χ0n) is 8.90. The molecule has 1 fully saturated rings. The minimum atomic E-state index is 0. The first kappa shape index (κ1) is 18.1. The molecule has 0 aromatic rings. The van der Waals surface area contributed by atoms with E-state index in [1.807, 2.05) is 0 Å². The summed E-state index contributed by atoms with van der Waals surface area (Å²) in [6.45, 7) is 6.64. The van der Waals surface area contributed by atoms with Crippen LogP contribution in [0, 0.1) is 0 Å². The highest BCUT2D eigenvalue weighted by Crippen LogP contribution is 2.02. The second-order valence-corrected chi connectivity index (χ2v) is 3.83. The summed E-state index contributed by atoms with van der Waals surface area (Å²) in [4.78, 5) is 4.74. The van der Waals surface area contributed by atoms with Crippen molar-refractivity contribution in [3.05, 3.63) is 0 Å². The van der Waals surface area contributed by atoms with Gasteiger partial charge in [-0.1, -0.05) is 0 Å². The third-order valence-electron chi connectivity index (χ3n) is 2.49. The third-order valence-corrected chi connectivity index (χ3v) is 2.76. The lowest BCUT2D eigenvalue weighted by atomic mass is 10.3. The number of nitrogens with zero attached hydrogens (tertiary/aromatic N) is 2. The topological polar surface area (TPSA) is 26.7 Å². The Hall–Kier alpha value is 0.750. The van der Waals surface area contributed by atoms with Gasteiger partial charge in [0.2, 0.25) is 0 Å². The fraction of sp³-hybridized carbons (Fsp3) is 1.00. The van der Waals surface area contributed by atoms with E-state index in [1.165, 1.54) is 0 Å². The smallest absolute Gasteiger partial charge is 0.0558 e. The number of piperazine rings is 1. The van der Waals surface area contributed by atoms with Crippen molar-refractivity contribution in [1.29, 1.82) is 0 Å². The van der Waals surface area contributed by atoms with Gasteiger partial charge in [0.25, 0.3) is 0 Å². The largest absolute Gasteiger partial charge is 0.395 e. The summed E-state index contributed by atoms with van der Waals surface area (Å²) in [5.41, 5.74) is 0. The number of alkyl halides is 1. The highest BCUT2D eigenvalue weighted by atomic mass is 35.5. The van der Waals surface area contributed by atoms with Crippen molar-refractivity contribution in [3.63, 3.8) is 0 Å². The van der Waals surface area contributed by atoms with Gasteiger partial charge in [0, 0.05) is 38.6 Å². The van der Waals surface area contributed by atoms with Crippen molar-refractivity contribution in [2.75, 3.05) is 51.8 Å². The van der Waals surface area contributed by atoms with E-state index < -0.39 is 0 Å². The Kier molecular flexibility index (Phi) is 13.6. The maximum absolute atomic E-state index is 8.75. The Morgan fingerprint density at radius 3 is 1.80 bits per heavy atom. The van der Waals surface area contributed by atoms with Gasteiger partial charge in [0.15, 0.2) is 0 Å². The molecule has 1 aliphatic heterocycles. The highest BCUT2D eigenvalue weighted by molar-refractivity contribution is 6.17. The van der Waals surface area contributed by atoms with Gasteiger partial charge in [0.05, 0.1) is 6.61 Å². The van der Waals surface area contributed by atoms with Crippen molar-refractivity contribution in [3.8, 4) is 0 Å². The lowest BCUT2D eigenvalue weighted by Crippen LogP contribution is -2.47. The molecule has 15 heavy (non-hydrogen) atoms. The van der Waals surface area contributed by atoms with Crippen LogP contribution in [0.25, 0.3) is 0 Å². The molecule has 3 nitrogen and oxygen atoms in total. The first-order valence-electron chi connectivity index (χ1n) is 4.98. The van der Waals surface area contributed by atoms with Crippen LogP contribution in [0.15, 0.2) is 0 Å². The summed E-state index contributed by atoms with van der Waals surface area (Å²) >= 11 is 5.63. The molecule has 0 amide bonds. The number of aliphatic hydroxyl groups is 1. The lowest BCUT2D eigenvalue weighted by Gasteiger charge is -2.34. The van der Waals surface area contributed by atoms with E-state index in [0.717, 1.165) is 51.6 Å². The summed E-state index contributed by atoms with van der Waals surface area (Å²) in [6.07, 6.45) is 1.08. The molecule has 0 radical (unpaired) electrons. The van der Waals surface area contributed by atoms with Gasteiger partial charge in [-0.15, -0.1) is 36.4 Å². The number of aliphatic hydroxyl groups excluding tert-OH is 1. The van der Waals surface area contributed by atoms with Crippen LogP contribution in [0.3, 0.4) is 0 Å². The monoisotopic (exact) mass is 278 g/mol. The maximum Gasteiger partial charge on any atom is 0.0558 e. The zero-order chi connectivity index (χ0) is 9.52. The molecular formula is C9H21Cl3N2O. The molecule has 1 N–H and O–H groups in total. The van der Waals surface area contributed by atoms with Gasteiger partial charge in [-0.05, 0) is 13.0 Å². The van der Waals surface area contributed by atoms with Crippen molar-refractivity contribution < 1.29 is 5.11 Å². The standard InChI is InChI=1S/C9H19ClN2O.2ClH/c10-2-1-3-11-4-6-12(7-5-11)8-9-13;;/h13H,1-9H2;2*1H. The minimum absolute atomic E-state index is 0. The highest BCUT2D eigenvalue weighted by Gasteiger charge is 2.14. The number of halogens is 3. The molecule has 1 aliphatic rings. The molecule has 0 saturated carbocycles. The van der Waals surface area contributed by atoms with Crippen molar-refractivity contribution in [2.24, 2.45) is 0 Å². The molecule has 1 heterocycles. The van der Waals surface area contributed by atoms with E-state index in [-0.39, 0.29) is 31.4 Å². The molecule has 1 rings (SSSR count). The quantitative estimate of drug-likeness (QED) is 0.763. The Bertz CT molecular complexity index is 133. The van der Waals surface area contributed by atoms with Crippen LogP contribution in [0.1, 0.15) is 6.42 Å². The van der Waals surface area contributed by atoms with Crippen LogP contribution >= 0.6 is 36.4 Å². The molecule has 0 unspecified atom stereocenters. The van der Waals surface area contributed by atoms with Crippen LogP contribution in [0.2, 0.25) is 0 Å². The summed E-state index contributed by atoms with van der Waals surface area (Å²) < 4.78 is 0. The van der Waals surface area contributed by atoms with Gasteiger partial charge >= 0.3 is 0 Å². The molecule has 0 atom stereocenters. The van der Waals surface area contributed by atoms with Crippen molar-refractivity contribution in [2.45, 2.75) is 6.42 Å². The average Bonchev–Trinajstić information content (AvgIpc) is 2.17. The van der Waals surface area contributed by atoms with E-state index >= 15 is 0 Å². The molecule has 0 aliphatic carbocycles. The van der Waals surface area contributed by atoms with Crippen LogP contribution in [-0.2, 0) is 0 Å². The molecule has 0 aromatic carbocycles. The first-order valence-corrected chi connectivity index (χ1v) is 5.52. The Morgan fingerprint density at radius 1 is 0.933 bits per heavy atom. The van der Waals surface area contributed by atoms with Gasteiger partial charge in [-0.25, -0.2) is 0 Å². The van der Waals surface area contributed by atoms with Crippen LogP contribution in [0.4, 0.5) is 0 Å². The number of hydrogen-bond acceptors (Lipinski definition) is 3. The van der Waals surface area contributed by atoms with E-state index in [1.54, 1.807) is 0 Å². The van der Waals surface area contributed by atoms with Crippen LogP contribution in [0.5, 0.6) is 0 Å². The molecule has 6 heteroatoms.